The van der Waals surface area contributed by atoms with Crippen LogP contribution in [0.15, 0.2) is 54.6 Å². The van der Waals surface area contributed by atoms with Gasteiger partial charge in [-0.2, -0.15) is 0 Å². The van der Waals surface area contributed by atoms with E-state index in [-0.39, 0.29) is 23.8 Å². The Morgan fingerprint density at radius 1 is 1.17 bits per heavy atom. The van der Waals surface area contributed by atoms with Gasteiger partial charge < -0.3 is 15.2 Å². The van der Waals surface area contributed by atoms with Crippen molar-refractivity contribution in [2.45, 2.75) is 32.2 Å². The largest absolute Gasteiger partial charge is 0.346 e. The molecule has 1 aliphatic rings. The van der Waals surface area contributed by atoms with Crippen LogP contribution < -0.4 is 5.32 Å². The SMILES string of the molecule is CC(NC(=O)C1CCCN(C(=O)Cc2ccccc2)C1)c1nc2ccccc2[nH]1. The zero-order valence-corrected chi connectivity index (χ0v) is 16.6. The topological polar surface area (TPSA) is 78.1 Å². The average molecular weight is 390 g/mol. The van der Waals surface area contributed by atoms with Crippen LogP contribution in [0.1, 0.15) is 37.2 Å². The summed E-state index contributed by atoms with van der Waals surface area (Å²) >= 11 is 0. The Morgan fingerprint density at radius 2 is 1.93 bits per heavy atom. The van der Waals surface area contributed by atoms with Crippen LogP contribution in [-0.2, 0) is 16.0 Å². The molecule has 0 radical (unpaired) electrons. The summed E-state index contributed by atoms with van der Waals surface area (Å²) in [5.74, 6) is 0.622. The van der Waals surface area contributed by atoms with Crippen LogP contribution in [0.4, 0.5) is 0 Å². The molecule has 2 aromatic carbocycles. The van der Waals surface area contributed by atoms with Crippen LogP contribution in [0.3, 0.4) is 0 Å². The molecule has 2 amide bonds. The van der Waals surface area contributed by atoms with Crippen molar-refractivity contribution >= 4 is 22.8 Å². The molecule has 6 heteroatoms. The number of aromatic amines is 1. The van der Waals surface area contributed by atoms with Gasteiger partial charge in [-0.15, -0.1) is 0 Å². The molecule has 3 aromatic rings. The van der Waals surface area contributed by atoms with Crippen molar-refractivity contribution in [3.05, 3.63) is 66.0 Å². The third kappa shape index (κ3) is 4.47. The van der Waals surface area contributed by atoms with Gasteiger partial charge in [0, 0.05) is 13.1 Å². The first-order valence-corrected chi connectivity index (χ1v) is 10.2. The maximum absolute atomic E-state index is 12.8. The van der Waals surface area contributed by atoms with E-state index in [0.29, 0.717) is 19.5 Å². The van der Waals surface area contributed by atoms with Crippen molar-refractivity contribution < 1.29 is 9.59 Å². The van der Waals surface area contributed by atoms with E-state index in [1.165, 1.54) is 0 Å². The molecule has 1 aliphatic heterocycles. The fraction of sp³-hybridized carbons (Fsp3) is 0.348. The number of H-pyrrole nitrogens is 1. The van der Waals surface area contributed by atoms with Crippen molar-refractivity contribution in [2.75, 3.05) is 13.1 Å². The monoisotopic (exact) mass is 390 g/mol. The molecule has 6 nitrogen and oxygen atoms in total. The molecule has 2 N–H and O–H groups in total. The Hall–Kier alpha value is -3.15. The molecule has 4 rings (SSSR count). The summed E-state index contributed by atoms with van der Waals surface area (Å²) in [4.78, 5) is 35.2. The van der Waals surface area contributed by atoms with Gasteiger partial charge in [-0.1, -0.05) is 42.5 Å². The van der Waals surface area contributed by atoms with E-state index >= 15 is 0 Å². The van der Waals surface area contributed by atoms with Gasteiger partial charge in [-0.25, -0.2) is 4.98 Å². The lowest BCUT2D eigenvalue weighted by atomic mass is 9.96. The predicted molar refractivity (Wildman–Crippen MR) is 112 cm³/mol. The van der Waals surface area contributed by atoms with E-state index in [4.69, 9.17) is 0 Å². The molecule has 1 aromatic heterocycles. The number of nitrogens with one attached hydrogen (secondary N) is 2. The van der Waals surface area contributed by atoms with E-state index in [1.807, 2.05) is 66.4 Å². The molecule has 2 atom stereocenters. The number of nitrogens with zero attached hydrogens (tertiary/aromatic N) is 2. The highest BCUT2D eigenvalue weighted by molar-refractivity contribution is 5.82. The van der Waals surface area contributed by atoms with E-state index < -0.39 is 0 Å². The number of piperidine rings is 1. The summed E-state index contributed by atoms with van der Waals surface area (Å²) < 4.78 is 0. The Balaban J connectivity index is 1.36. The average Bonchev–Trinajstić information content (AvgIpc) is 3.19. The number of imidazole rings is 1. The number of hydrogen-bond acceptors (Lipinski definition) is 3. The summed E-state index contributed by atoms with van der Waals surface area (Å²) in [5.41, 5.74) is 2.85. The molecule has 0 bridgehead atoms. The van der Waals surface area contributed by atoms with Crippen molar-refractivity contribution in [1.29, 1.82) is 0 Å². The van der Waals surface area contributed by atoms with Gasteiger partial charge in [-0.05, 0) is 37.5 Å². The number of carbonyl (C=O) groups is 2. The molecule has 1 fully saturated rings. The highest BCUT2D eigenvalue weighted by atomic mass is 16.2. The maximum atomic E-state index is 12.8. The third-order valence-corrected chi connectivity index (χ3v) is 5.52. The summed E-state index contributed by atoms with van der Waals surface area (Å²) in [5, 5.41) is 3.07. The summed E-state index contributed by atoms with van der Waals surface area (Å²) in [6.07, 6.45) is 2.02. The third-order valence-electron chi connectivity index (χ3n) is 5.52. The van der Waals surface area contributed by atoms with Crippen LogP contribution in [-0.4, -0.2) is 39.8 Å². The fourth-order valence-corrected chi connectivity index (χ4v) is 3.88. The second kappa shape index (κ2) is 8.47. The minimum atomic E-state index is -0.217. The molecule has 2 heterocycles. The Kier molecular flexibility index (Phi) is 5.60. The van der Waals surface area contributed by atoms with Gasteiger partial charge >= 0.3 is 0 Å². The van der Waals surface area contributed by atoms with E-state index in [1.54, 1.807) is 0 Å². The number of para-hydroxylation sites is 2. The Bertz CT molecular complexity index is 965. The molecule has 0 spiro atoms. The number of likely N-dealkylation sites (tertiary alicyclic amines) is 1. The second-order valence-corrected chi connectivity index (χ2v) is 7.71. The maximum Gasteiger partial charge on any atom is 0.227 e. The van der Waals surface area contributed by atoms with Crippen molar-refractivity contribution in [2.24, 2.45) is 5.92 Å². The number of fused-ring (bicyclic) bond motifs is 1. The lowest BCUT2D eigenvalue weighted by molar-refractivity contribution is -0.135. The van der Waals surface area contributed by atoms with Crippen LogP contribution in [0, 0.1) is 5.92 Å². The normalized spacial score (nSPS) is 17.8. The quantitative estimate of drug-likeness (QED) is 0.702. The first kappa shape index (κ1) is 19.2. The minimum absolute atomic E-state index is 0.0184. The Morgan fingerprint density at radius 3 is 2.72 bits per heavy atom. The predicted octanol–water partition coefficient (Wildman–Crippen LogP) is 3.22. The van der Waals surface area contributed by atoms with Gasteiger partial charge in [0.15, 0.2) is 0 Å². The second-order valence-electron chi connectivity index (χ2n) is 7.71. The van der Waals surface area contributed by atoms with Gasteiger partial charge in [0.1, 0.15) is 5.82 Å². The van der Waals surface area contributed by atoms with Gasteiger partial charge in [0.2, 0.25) is 11.8 Å². The minimum Gasteiger partial charge on any atom is -0.346 e. The summed E-state index contributed by atoms with van der Waals surface area (Å²) in [7, 11) is 0. The number of aromatic nitrogens is 2. The molecule has 1 saturated heterocycles. The lowest BCUT2D eigenvalue weighted by Gasteiger charge is -2.32. The molecular weight excluding hydrogens is 364 g/mol. The molecule has 29 heavy (non-hydrogen) atoms. The number of benzene rings is 2. The lowest BCUT2D eigenvalue weighted by Crippen LogP contribution is -2.46. The molecule has 0 aliphatic carbocycles. The smallest absolute Gasteiger partial charge is 0.227 e. The fourth-order valence-electron chi connectivity index (χ4n) is 3.88. The molecule has 0 saturated carbocycles. The number of hydrogen-bond donors (Lipinski definition) is 2. The van der Waals surface area contributed by atoms with E-state index in [0.717, 1.165) is 35.3 Å². The van der Waals surface area contributed by atoms with Crippen molar-refractivity contribution in [1.82, 2.24) is 20.2 Å². The van der Waals surface area contributed by atoms with Crippen LogP contribution in [0.25, 0.3) is 11.0 Å². The van der Waals surface area contributed by atoms with Gasteiger partial charge in [0.05, 0.1) is 29.4 Å². The zero-order chi connectivity index (χ0) is 20.2. The van der Waals surface area contributed by atoms with Crippen LogP contribution in [0.2, 0.25) is 0 Å². The first-order valence-electron chi connectivity index (χ1n) is 10.2. The number of carbonyl (C=O) groups excluding carboxylic acids is 2. The van der Waals surface area contributed by atoms with Crippen molar-refractivity contribution in [3.63, 3.8) is 0 Å². The first-order chi connectivity index (χ1) is 14.1. The number of rotatable bonds is 5. The van der Waals surface area contributed by atoms with E-state index in [9.17, 15) is 9.59 Å². The molecule has 2 unspecified atom stereocenters. The van der Waals surface area contributed by atoms with Crippen molar-refractivity contribution in [3.8, 4) is 0 Å². The Labute approximate surface area is 170 Å². The molecule has 150 valence electrons. The van der Waals surface area contributed by atoms with Gasteiger partial charge in [0.25, 0.3) is 0 Å². The van der Waals surface area contributed by atoms with Gasteiger partial charge in [-0.3, -0.25) is 9.59 Å². The number of amides is 2. The van der Waals surface area contributed by atoms with Crippen LogP contribution in [0.5, 0.6) is 0 Å². The van der Waals surface area contributed by atoms with E-state index in [2.05, 4.69) is 15.3 Å². The highest BCUT2D eigenvalue weighted by Gasteiger charge is 2.29. The van der Waals surface area contributed by atoms with Crippen LogP contribution >= 0.6 is 0 Å². The zero-order valence-electron chi connectivity index (χ0n) is 16.6. The molecular formula is C23H26N4O2. The standard InChI is InChI=1S/C23H26N4O2/c1-16(22-25-19-11-5-6-12-20(19)26-22)24-23(29)18-10-7-13-27(15-18)21(28)14-17-8-3-2-4-9-17/h2-6,8-9,11-12,16,18H,7,10,13-15H2,1H3,(H,24,29)(H,25,26). The summed E-state index contributed by atoms with van der Waals surface area (Å²) in [6.45, 7) is 3.12. The highest BCUT2D eigenvalue weighted by Crippen LogP contribution is 2.20. The summed E-state index contributed by atoms with van der Waals surface area (Å²) in [6, 6.07) is 17.3.